The average Bonchev–Trinajstić information content (AvgIpc) is 3.42. The highest BCUT2D eigenvalue weighted by Crippen LogP contribution is 2.42. The maximum atomic E-state index is 13.2. The second kappa shape index (κ2) is 7.85. The largest absolute Gasteiger partial charge is 0.464 e. The zero-order valence-electron chi connectivity index (χ0n) is 15.9. The Labute approximate surface area is 191 Å². The molecule has 2 aromatic carbocycles. The number of fused-ring (bicyclic) bond motifs is 1. The van der Waals surface area contributed by atoms with Gasteiger partial charge in [0.15, 0.2) is 0 Å². The molecule has 0 unspecified atom stereocenters. The minimum absolute atomic E-state index is 0.171. The third-order valence-electron chi connectivity index (χ3n) is 4.94. The van der Waals surface area contributed by atoms with Crippen LogP contribution in [0.3, 0.4) is 0 Å². The van der Waals surface area contributed by atoms with E-state index in [0.717, 1.165) is 16.8 Å². The number of furan rings is 1. The number of pyridine rings is 1. The van der Waals surface area contributed by atoms with Crippen molar-refractivity contribution in [2.24, 2.45) is 0 Å². The monoisotopic (exact) mass is 464 g/mol. The van der Waals surface area contributed by atoms with Gasteiger partial charge in [0.1, 0.15) is 15.5 Å². The lowest BCUT2D eigenvalue weighted by atomic mass is 10.0. The highest BCUT2D eigenvalue weighted by atomic mass is 35.5. The van der Waals surface area contributed by atoms with E-state index in [4.69, 9.17) is 38.3 Å². The molecule has 5 rings (SSSR count). The smallest absolute Gasteiger partial charge is 0.205 e. The molecule has 0 spiro atoms. The van der Waals surface area contributed by atoms with Crippen LogP contribution in [0.1, 0.15) is 15.2 Å². The summed E-state index contributed by atoms with van der Waals surface area (Å²) in [5.74, 6) is 0.480. The topological polar surface area (TPSA) is 69.1 Å². The van der Waals surface area contributed by atoms with Gasteiger partial charge in [0.2, 0.25) is 5.78 Å². The lowest BCUT2D eigenvalue weighted by Crippen LogP contribution is -2.02. The Morgan fingerprint density at radius 1 is 0.968 bits per heavy atom. The van der Waals surface area contributed by atoms with E-state index in [0.29, 0.717) is 42.2 Å². The molecular weight excluding hydrogens is 451 g/mol. The number of hydrogen-bond donors (Lipinski definition) is 1. The third-order valence-corrected chi connectivity index (χ3v) is 6.54. The van der Waals surface area contributed by atoms with Gasteiger partial charge in [-0.2, -0.15) is 0 Å². The van der Waals surface area contributed by atoms with Crippen LogP contribution in [0.25, 0.3) is 32.8 Å². The Hall–Kier alpha value is -3.12. The Balaban J connectivity index is 1.73. The minimum Gasteiger partial charge on any atom is -0.464 e. The number of thiophene rings is 1. The summed E-state index contributed by atoms with van der Waals surface area (Å²) in [5, 5.41) is 1.91. The number of anilines is 1. The summed E-state index contributed by atoms with van der Waals surface area (Å²) < 4.78 is 5.66. The SMILES string of the molecule is Nc1c(C(=O)c2ccc(Cl)cc2)sc2nc(-c3ccc(Cl)cc3)cc(-c3ccco3)c12. The number of halogens is 2. The van der Waals surface area contributed by atoms with Crippen molar-refractivity contribution in [1.29, 1.82) is 0 Å². The van der Waals surface area contributed by atoms with Gasteiger partial charge >= 0.3 is 0 Å². The molecule has 2 N–H and O–H groups in total. The van der Waals surface area contributed by atoms with Crippen LogP contribution in [0.5, 0.6) is 0 Å². The third kappa shape index (κ3) is 3.61. The van der Waals surface area contributed by atoms with E-state index in [1.807, 2.05) is 42.5 Å². The van der Waals surface area contributed by atoms with E-state index < -0.39 is 0 Å². The van der Waals surface area contributed by atoms with Crippen LogP contribution in [-0.4, -0.2) is 10.8 Å². The molecule has 7 heteroatoms. The van der Waals surface area contributed by atoms with E-state index in [9.17, 15) is 4.79 Å². The number of benzene rings is 2. The molecule has 0 radical (unpaired) electrons. The fraction of sp³-hybridized carbons (Fsp3) is 0. The molecule has 0 atom stereocenters. The molecule has 0 bridgehead atoms. The first kappa shape index (κ1) is 19.8. The van der Waals surface area contributed by atoms with Gasteiger partial charge in [-0.1, -0.05) is 35.3 Å². The van der Waals surface area contributed by atoms with Crippen molar-refractivity contribution < 1.29 is 9.21 Å². The molecule has 0 aliphatic carbocycles. The number of nitrogen functional groups attached to an aromatic ring is 1. The second-order valence-corrected chi connectivity index (χ2v) is 8.77. The average molecular weight is 465 g/mol. The predicted octanol–water partition coefficient (Wildman–Crippen LogP) is 7.34. The number of nitrogens with two attached hydrogens (primary N) is 1. The molecule has 31 heavy (non-hydrogen) atoms. The quantitative estimate of drug-likeness (QED) is 0.282. The second-order valence-electron chi connectivity index (χ2n) is 6.90. The summed E-state index contributed by atoms with van der Waals surface area (Å²) in [4.78, 5) is 19.1. The van der Waals surface area contributed by atoms with E-state index in [1.54, 1.807) is 30.5 Å². The number of hydrogen-bond acceptors (Lipinski definition) is 5. The number of carbonyl (C=O) groups excluding carboxylic acids is 1. The predicted molar refractivity (Wildman–Crippen MR) is 127 cm³/mol. The van der Waals surface area contributed by atoms with Crippen LogP contribution in [0, 0.1) is 0 Å². The first-order chi connectivity index (χ1) is 15.0. The summed E-state index contributed by atoms with van der Waals surface area (Å²) in [6.07, 6.45) is 1.60. The van der Waals surface area contributed by atoms with E-state index in [-0.39, 0.29) is 5.78 Å². The van der Waals surface area contributed by atoms with Gasteiger partial charge in [-0.05, 0) is 54.6 Å². The van der Waals surface area contributed by atoms with Gasteiger partial charge < -0.3 is 10.2 Å². The zero-order chi connectivity index (χ0) is 21.5. The normalized spacial score (nSPS) is 11.2. The molecule has 3 aromatic heterocycles. The molecule has 152 valence electrons. The molecule has 5 aromatic rings. The van der Waals surface area contributed by atoms with Crippen LogP contribution in [-0.2, 0) is 0 Å². The number of carbonyl (C=O) groups is 1. The van der Waals surface area contributed by atoms with Gasteiger partial charge in [0.05, 0.1) is 17.6 Å². The van der Waals surface area contributed by atoms with Crippen LogP contribution < -0.4 is 5.73 Å². The van der Waals surface area contributed by atoms with Gasteiger partial charge in [-0.15, -0.1) is 11.3 Å². The Morgan fingerprint density at radius 2 is 1.65 bits per heavy atom. The maximum Gasteiger partial charge on any atom is 0.205 e. The Bertz CT molecular complexity index is 1410. The Kier molecular flexibility index (Phi) is 5.02. The first-order valence-corrected chi connectivity index (χ1v) is 10.9. The molecule has 0 saturated heterocycles. The van der Waals surface area contributed by atoms with Crippen molar-refractivity contribution in [2.75, 3.05) is 5.73 Å². The fourth-order valence-electron chi connectivity index (χ4n) is 3.42. The maximum absolute atomic E-state index is 13.2. The number of aromatic nitrogens is 1. The van der Waals surface area contributed by atoms with Crippen molar-refractivity contribution >= 4 is 56.2 Å². The van der Waals surface area contributed by atoms with Crippen LogP contribution in [0.2, 0.25) is 10.0 Å². The van der Waals surface area contributed by atoms with E-state index >= 15 is 0 Å². The lowest BCUT2D eigenvalue weighted by molar-refractivity contribution is 0.104. The molecule has 0 fully saturated rings. The molecule has 4 nitrogen and oxygen atoms in total. The summed E-state index contributed by atoms with van der Waals surface area (Å²) in [7, 11) is 0. The zero-order valence-corrected chi connectivity index (χ0v) is 18.3. The fourth-order valence-corrected chi connectivity index (χ4v) is 4.75. The number of nitrogens with zero attached hydrogens (tertiary/aromatic N) is 1. The molecule has 3 heterocycles. The van der Waals surface area contributed by atoms with Crippen molar-refractivity contribution in [3.63, 3.8) is 0 Å². The van der Waals surface area contributed by atoms with Gasteiger partial charge in [-0.3, -0.25) is 4.79 Å². The summed E-state index contributed by atoms with van der Waals surface area (Å²) in [6.45, 7) is 0. The molecular formula is C24H14Cl2N2O2S. The minimum atomic E-state index is -0.171. The molecule has 0 saturated carbocycles. The van der Waals surface area contributed by atoms with Crippen LogP contribution >= 0.6 is 34.5 Å². The highest BCUT2D eigenvalue weighted by molar-refractivity contribution is 7.21. The molecule has 0 aliphatic heterocycles. The van der Waals surface area contributed by atoms with E-state index in [2.05, 4.69) is 0 Å². The highest BCUT2D eigenvalue weighted by Gasteiger charge is 2.23. The van der Waals surface area contributed by atoms with Gasteiger partial charge in [0.25, 0.3) is 0 Å². The molecule has 0 aliphatic rings. The van der Waals surface area contributed by atoms with Crippen LogP contribution in [0.4, 0.5) is 5.69 Å². The Morgan fingerprint density at radius 3 is 2.29 bits per heavy atom. The lowest BCUT2D eigenvalue weighted by Gasteiger charge is -2.07. The number of rotatable bonds is 4. The van der Waals surface area contributed by atoms with Crippen molar-refractivity contribution in [3.05, 3.63) is 93.5 Å². The van der Waals surface area contributed by atoms with E-state index in [1.165, 1.54) is 11.3 Å². The van der Waals surface area contributed by atoms with Crippen molar-refractivity contribution in [1.82, 2.24) is 4.98 Å². The number of ketones is 1. The molecule has 0 amide bonds. The first-order valence-electron chi connectivity index (χ1n) is 9.34. The summed E-state index contributed by atoms with van der Waals surface area (Å²) in [5.41, 5.74) is 9.81. The van der Waals surface area contributed by atoms with Crippen LogP contribution in [0.15, 0.2) is 77.4 Å². The standard InChI is InChI=1S/C24H14Cl2N2O2S/c25-15-7-3-13(4-8-15)18-12-17(19-2-1-11-30-19)20-21(27)23(31-24(20)28-18)22(29)14-5-9-16(26)10-6-14/h1-12H,27H2. The van der Waals surface area contributed by atoms with Crippen molar-refractivity contribution in [3.8, 4) is 22.6 Å². The summed E-state index contributed by atoms with van der Waals surface area (Å²) in [6, 6.07) is 19.8. The summed E-state index contributed by atoms with van der Waals surface area (Å²) >= 11 is 13.3. The van der Waals surface area contributed by atoms with Gasteiger partial charge in [0, 0.05) is 32.1 Å². The van der Waals surface area contributed by atoms with Crippen molar-refractivity contribution in [2.45, 2.75) is 0 Å². The van der Waals surface area contributed by atoms with Gasteiger partial charge in [-0.25, -0.2) is 4.98 Å².